The minimum Gasteiger partial charge on any atom is -0.296 e. The maximum atomic E-state index is 13.1. The van der Waals surface area contributed by atoms with E-state index in [2.05, 4.69) is 15.7 Å². The molecule has 1 N–H and O–H groups in total. The van der Waals surface area contributed by atoms with E-state index in [0.717, 1.165) is 50.1 Å². The molecule has 0 bridgehead atoms. The molecular formula is C20H30ClN3O4S2. The number of fused-ring (bicyclic) bond motifs is 4. The summed E-state index contributed by atoms with van der Waals surface area (Å²) < 4.78 is 52.8. The van der Waals surface area contributed by atoms with Crippen molar-refractivity contribution in [3.05, 3.63) is 34.3 Å². The van der Waals surface area contributed by atoms with E-state index in [1.807, 2.05) is 12.1 Å². The Morgan fingerprint density at radius 1 is 1.20 bits per heavy atom. The molecule has 3 heterocycles. The Balaban J connectivity index is 1.50. The minimum atomic E-state index is -3.44. The molecule has 3 aliphatic heterocycles. The lowest BCUT2D eigenvalue weighted by Gasteiger charge is -2.51. The van der Waals surface area contributed by atoms with Crippen molar-refractivity contribution < 1.29 is 16.8 Å². The molecule has 3 atom stereocenters. The topological polar surface area (TPSA) is 86.8 Å². The summed E-state index contributed by atoms with van der Waals surface area (Å²) in [5, 5.41) is 0.806. The van der Waals surface area contributed by atoms with Crippen molar-refractivity contribution in [1.29, 1.82) is 0 Å². The van der Waals surface area contributed by atoms with Crippen molar-refractivity contribution in [3.63, 3.8) is 0 Å². The number of sulfonamides is 2. The number of nitrogens with zero attached hydrogens (tertiary/aromatic N) is 2. The molecule has 4 rings (SSSR count). The first-order valence-electron chi connectivity index (χ1n) is 10.6. The van der Waals surface area contributed by atoms with Crippen LogP contribution in [0.15, 0.2) is 18.2 Å². The highest BCUT2D eigenvalue weighted by Gasteiger charge is 2.45. The Labute approximate surface area is 184 Å². The molecule has 30 heavy (non-hydrogen) atoms. The van der Waals surface area contributed by atoms with Crippen molar-refractivity contribution in [3.8, 4) is 0 Å². The van der Waals surface area contributed by atoms with Crippen LogP contribution in [0.1, 0.15) is 42.9 Å². The summed E-state index contributed by atoms with van der Waals surface area (Å²) in [6, 6.07) is 6.26. The molecule has 0 radical (unpaired) electrons. The van der Waals surface area contributed by atoms with Crippen LogP contribution in [0, 0.1) is 5.92 Å². The molecule has 0 saturated carbocycles. The van der Waals surface area contributed by atoms with Crippen LogP contribution in [0.4, 0.5) is 0 Å². The summed E-state index contributed by atoms with van der Waals surface area (Å²) in [7, 11) is -6.75. The van der Waals surface area contributed by atoms with Crippen LogP contribution in [-0.4, -0.2) is 70.3 Å². The molecular weight excluding hydrogens is 446 g/mol. The standard InChI is InChI=1S/C20H30ClN3O4S2/c1-29(25,26)22-9-4-12-30(27,28)24-10-3-5-15-14-23-11-8-16-17(6-2-7-18(16)21)20(23)13-19(15)24/h2,6-7,15,19-20,22H,3-5,8-14H2,1H3/t15-,19+,20+/m1/s1. The van der Waals surface area contributed by atoms with Crippen LogP contribution in [0.3, 0.4) is 0 Å². The van der Waals surface area contributed by atoms with E-state index in [-0.39, 0.29) is 30.8 Å². The summed E-state index contributed by atoms with van der Waals surface area (Å²) >= 11 is 6.44. The van der Waals surface area contributed by atoms with Gasteiger partial charge in [0.05, 0.1) is 12.0 Å². The van der Waals surface area contributed by atoms with E-state index in [9.17, 15) is 16.8 Å². The number of rotatable bonds is 6. The predicted molar refractivity (Wildman–Crippen MR) is 119 cm³/mol. The third-order valence-electron chi connectivity index (χ3n) is 6.71. The number of halogens is 1. The third kappa shape index (κ3) is 4.71. The summed E-state index contributed by atoms with van der Waals surface area (Å²) in [6.07, 6.45) is 5.02. The van der Waals surface area contributed by atoms with Gasteiger partial charge in [-0.05, 0) is 55.2 Å². The molecule has 0 aromatic heterocycles. The van der Waals surface area contributed by atoms with Crippen LogP contribution in [0.25, 0.3) is 0 Å². The molecule has 2 saturated heterocycles. The van der Waals surface area contributed by atoms with Crippen LogP contribution in [0.2, 0.25) is 5.02 Å². The van der Waals surface area contributed by atoms with Gasteiger partial charge in [0, 0.05) is 43.3 Å². The maximum absolute atomic E-state index is 13.1. The molecule has 3 aliphatic rings. The molecule has 0 unspecified atom stereocenters. The van der Waals surface area contributed by atoms with E-state index in [1.165, 1.54) is 11.1 Å². The molecule has 10 heteroatoms. The molecule has 1 aromatic rings. The molecule has 0 amide bonds. The van der Waals surface area contributed by atoms with Gasteiger partial charge in [0.1, 0.15) is 0 Å². The van der Waals surface area contributed by atoms with Gasteiger partial charge in [-0.1, -0.05) is 23.7 Å². The number of benzene rings is 1. The zero-order valence-electron chi connectivity index (χ0n) is 17.3. The Kier molecular flexibility index (Phi) is 6.50. The lowest BCUT2D eigenvalue weighted by atomic mass is 9.77. The van der Waals surface area contributed by atoms with Gasteiger partial charge in [-0.15, -0.1) is 0 Å². The van der Waals surface area contributed by atoms with E-state index < -0.39 is 20.0 Å². The fourth-order valence-corrected chi connectivity index (χ4v) is 8.00. The quantitative estimate of drug-likeness (QED) is 0.636. The highest BCUT2D eigenvalue weighted by molar-refractivity contribution is 7.89. The number of piperidine rings is 2. The number of nitrogens with one attached hydrogen (secondary N) is 1. The zero-order valence-corrected chi connectivity index (χ0v) is 19.6. The second-order valence-electron chi connectivity index (χ2n) is 8.72. The average Bonchev–Trinajstić information content (AvgIpc) is 2.69. The molecule has 2 fully saturated rings. The fraction of sp³-hybridized carbons (Fsp3) is 0.700. The molecule has 7 nitrogen and oxygen atoms in total. The zero-order chi connectivity index (χ0) is 21.5. The van der Waals surface area contributed by atoms with Gasteiger partial charge in [0.25, 0.3) is 0 Å². The minimum absolute atomic E-state index is 0.00204. The Morgan fingerprint density at radius 3 is 2.77 bits per heavy atom. The largest absolute Gasteiger partial charge is 0.296 e. The molecule has 0 spiro atoms. The summed E-state index contributed by atoms with van der Waals surface area (Å²) in [4.78, 5) is 2.51. The van der Waals surface area contributed by atoms with E-state index in [1.54, 1.807) is 4.31 Å². The van der Waals surface area contributed by atoms with E-state index in [0.29, 0.717) is 12.5 Å². The number of hydrogen-bond acceptors (Lipinski definition) is 5. The monoisotopic (exact) mass is 475 g/mol. The highest BCUT2D eigenvalue weighted by Crippen LogP contribution is 2.44. The summed E-state index contributed by atoms with van der Waals surface area (Å²) in [5.74, 6) is 0.315. The van der Waals surface area contributed by atoms with Gasteiger partial charge in [-0.25, -0.2) is 21.6 Å². The lowest BCUT2D eigenvalue weighted by Crippen LogP contribution is -2.57. The summed E-state index contributed by atoms with van der Waals surface area (Å²) in [5.41, 5.74) is 2.45. The molecule has 168 valence electrons. The van der Waals surface area contributed by atoms with Crippen LogP contribution in [0.5, 0.6) is 0 Å². The smallest absolute Gasteiger partial charge is 0.214 e. The van der Waals surface area contributed by atoms with Gasteiger partial charge < -0.3 is 0 Å². The van der Waals surface area contributed by atoms with Gasteiger partial charge in [0.2, 0.25) is 20.0 Å². The average molecular weight is 476 g/mol. The first-order chi connectivity index (χ1) is 14.2. The van der Waals surface area contributed by atoms with Crippen molar-refractivity contribution in [1.82, 2.24) is 13.9 Å². The summed E-state index contributed by atoms with van der Waals surface area (Å²) in [6.45, 7) is 2.58. The van der Waals surface area contributed by atoms with Crippen molar-refractivity contribution in [2.24, 2.45) is 5.92 Å². The van der Waals surface area contributed by atoms with Gasteiger partial charge in [0.15, 0.2) is 0 Å². The maximum Gasteiger partial charge on any atom is 0.214 e. The van der Waals surface area contributed by atoms with Gasteiger partial charge in [-0.2, -0.15) is 4.31 Å². The molecule has 0 aliphatic carbocycles. The second-order valence-corrected chi connectivity index (χ2v) is 13.0. The van der Waals surface area contributed by atoms with Gasteiger partial charge in [-0.3, -0.25) is 4.90 Å². The first kappa shape index (κ1) is 22.5. The van der Waals surface area contributed by atoms with Crippen LogP contribution in [-0.2, 0) is 26.5 Å². The van der Waals surface area contributed by atoms with Crippen molar-refractivity contribution in [2.45, 2.75) is 44.2 Å². The van der Waals surface area contributed by atoms with Crippen LogP contribution >= 0.6 is 11.6 Å². The SMILES string of the molecule is CS(=O)(=O)NCCCS(=O)(=O)N1CCC[C@@H]2CN3CCc4c(Cl)cccc4[C@@H]3C[C@@H]21. The second kappa shape index (κ2) is 8.67. The normalized spacial score (nSPS) is 27.9. The van der Waals surface area contributed by atoms with Crippen molar-refractivity contribution >= 4 is 31.6 Å². The fourth-order valence-electron chi connectivity index (χ4n) is 5.38. The van der Waals surface area contributed by atoms with Crippen molar-refractivity contribution in [2.75, 3.05) is 38.2 Å². The Bertz CT molecular complexity index is 999. The Hall–Kier alpha value is -0.710. The third-order valence-corrected chi connectivity index (χ3v) is 9.76. The van der Waals surface area contributed by atoms with E-state index >= 15 is 0 Å². The van der Waals surface area contributed by atoms with Crippen LogP contribution < -0.4 is 4.72 Å². The van der Waals surface area contributed by atoms with E-state index in [4.69, 9.17) is 11.6 Å². The Morgan fingerprint density at radius 2 is 2.00 bits per heavy atom. The first-order valence-corrected chi connectivity index (χ1v) is 14.5. The predicted octanol–water partition coefficient (Wildman–Crippen LogP) is 1.99. The highest BCUT2D eigenvalue weighted by atomic mass is 35.5. The van der Waals surface area contributed by atoms with Gasteiger partial charge >= 0.3 is 0 Å². The molecule has 1 aromatic carbocycles. The lowest BCUT2D eigenvalue weighted by molar-refractivity contribution is 0.0220. The number of hydrogen-bond donors (Lipinski definition) is 1.